The minimum atomic E-state index is 0.0133. The largest absolute Gasteiger partial charge is 0.379 e. The van der Waals surface area contributed by atoms with Gasteiger partial charge in [0.15, 0.2) is 0 Å². The highest BCUT2D eigenvalue weighted by molar-refractivity contribution is 7.14. The van der Waals surface area contributed by atoms with Crippen molar-refractivity contribution in [2.45, 2.75) is 45.1 Å². The zero-order chi connectivity index (χ0) is 15.6. The van der Waals surface area contributed by atoms with Gasteiger partial charge in [-0.1, -0.05) is 6.92 Å². The number of carbonyl (C=O) groups excluding carboxylic acids is 1. The molecule has 0 radical (unpaired) electrons. The van der Waals surface area contributed by atoms with Crippen LogP contribution in [0.3, 0.4) is 0 Å². The van der Waals surface area contributed by atoms with E-state index in [0.717, 1.165) is 50.4 Å². The minimum Gasteiger partial charge on any atom is -0.379 e. The Kier molecular flexibility index (Phi) is 4.85. The standard InChI is InChI=1S/C17H26N2O2S/c1-3-17(2,19-7-9-21-10-8-19)12-18-16(20)15-11-13-5-4-6-14(13)22-15/h11H,3-10,12H2,1-2H3,(H,18,20). The molecule has 122 valence electrons. The summed E-state index contributed by atoms with van der Waals surface area (Å²) >= 11 is 1.68. The molecular formula is C17H26N2O2S. The number of ether oxygens (including phenoxy) is 1. The number of nitrogens with zero attached hydrogens (tertiary/aromatic N) is 1. The first-order valence-electron chi connectivity index (χ1n) is 8.35. The number of carbonyl (C=O) groups is 1. The molecule has 1 atom stereocenters. The molecule has 1 aromatic heterocycles. The van der Waals surface area contributed by atoms with E-state index in [1.165, 1.54) is 16.9 Å². The Morgan fingerprint density at radius 2 is 2.18 bits per heavy atom. The van der Waals surface area contributed by atoms with Gasteiger partial charge in [0.25, 0.3) is 5.91 Å². The Hall–Kier alpha value is -0.910. The van der Waals surface area contributed by atoms with Crippen LogP contribution in [0, 0.1) is 0 Å². The molecule has 1 N–H and O–H groups in total. The van der Waals surface area contributed by atoms with Gasteiger partial charge in [-0.25, -0.2) is 0 Å². The predicted molar refractivity (Wildman–Crippen MR) is 89.8 cm³/mol. The summed E-state index contributed by atoms with van der Waals surface area (Å²) in [6.07, 6.45) is 4.55. The van der Waals surface area contributed by atoms with E-state index in [9.17, 15) is 4.79 Å². The third-order valence-corrected chi connectivity index (χ3v) is 6.37. The number of hydrogen-bond donors (Lipinski definition) is 1. The van der Waals surface area contributed by atoms with Gasteiger partial charge in [0, 0.05) is 30.1 Å². The van der Waals surface area contributed by atoms with Crippen LogP contribution in [-0.4, -0.2) is 49.2 Å². The number of rotatable bonds is 5. The lowest BCUT2D eigenvalue weighted by atomic mass is 9.95. The minimum absolute atomic E-state index is 0.0133. The molecule has 0 aromatic carbocycles. The maximum Gasteiger partial charge on any atom is 0.261 e. The second-order valence-electron chi connectivity index (χ2n) is 6.55. The molecule has 3 rings (SSSR count). The molecule has 0 spiro atoms. The second kappa shape index (κ2) is 6.69. The Balaban J connectivity index is 1.60. The SMILES string of the molecule is CCC(C)(CNC(=O)c1cc2c(s1)CCC2)N1CCOCC1. The number of aryl methyl sites for hydroxylation is 2. The van der Waals surface area contributed by atoms with Crippen LogP contribution in [0.2, 0.25) is 0 Å². The van der Waals surface area contributed by atoms with E-state index in [4.69, 9.17) is 4.74 Å². The van der Waals surface area contributed by atoms with Crippen LogP contribution in [0.4, 0.5) is 0 Å². The summed E-state index contributed by atoms with van der Waals surface area (Å²) in [5, 5.41) is 3.17. The number of fused-ring (bicyclic) bond motifs is 1. The molecule has 1 fully saturated rings. The molecule has 0 bridgehead atoms. The Morgan fingerprint density at radius 3 is 2.86 bits per heavy atom. The van der Waals surface area contributed by atoms with Crippen LogP contribution in [0.5, 0.6) is 0 Å². The summed E-state index contributed by atoms with van der Waals surface area (Å²) in [6.45, 7) is 8.63. The van der Waals surface area contributed by atoms with Crippen molar-refractivity contribution < 1.29 is 9.53 Å². The lowest BCUT2D eigenvalue weighted by Gasteiger charge is -2.43. The van der Waals surface area contributed by atoms with Gasteiger partial charge in [0.05, 0.1) is 18.1 Å². The molecule has 1 aliphatic carbocycles. The third kappa shape index (κ3) is 3.21. The number of morpholine rings is 1. The highest BCUT2D eigenvalue weighted by Gasteiger charge is 2.32. The van der Waals surface area contributed by atoms with Crippen molar-refractivity contribution in [3.05, 3.63) is 21.4 Å². The molecule has 4 nitrogen and oxygen atoms in total. The molecule has 1 aromatic rings. The molecule has 1 aliphatic heterocycles. The lowest BCUT2D eigenvalue weighted by molar-refractivity contribution is -0.0169. The van der Waals surface area contributed by atoms with Gasteiger partial charge in [-0.05, 0) is 44.2 Å². The van der Waals surface area contributed by atoms with Gasteiger partial charge >= 0.3 is 0 Å². The highest BCUT2D eigenvalue weighted by atomic mass is 32.1. The predicted octanol–water partition coefficient (Wildman–Crippen LogP) is 2.47. The second-order valence-corrected chi connectivity index (χ2v) is 7.68. The van der Waals surface area contributed by atoms with Crippen molar-refractivity contribution in [3.63, 3.8) is 0 Å². The molecule has 22 heavy (non-hydrogen) atoms. The molecular weight excluding hydrogens is 296 g/mol. The van der Waals surface area contributed by atoms with Crippen molar-refractivity contribution in [1.82, 2.24) is 10.2 Å². The van der Waals surface area contributed by atoms with Crippen LogP contribution in [0.15, 0.2) is 6.07 Å². The summed E-state index contributed by atoms with van der Waals surface area (Å²) in [5.41, 5.74) is 1.40. The van der Waals surface area contributed by atoms with Crippen LogP contribution < -0.4 is 5.32 Å². The fourth-order valence-electron chi connectivity index (χ4n) is 3.36. The first kappa shape index (κ1) is 16.0. The van der Waals surface area contributed by atoms with E-state index in [1.54, 1.807) is 11.3 Å². The van der Waals surface area contributed by atoms with E-state index in [0.29, 0.717) is 6.54 Å². The normalized spacial score (nSPS) is 21.4. The summed E-state index contributed by atoms with van der Waals surface area (Å²) in [5.74, 6) is 0.0901. The number of nitrogens with one attached hydrogen (secondary N) is 1. The van der Waals surface area contributed by atoms with Gasteiger partial charge < -0.3 is 10.1 Å². The maximum absolute atomic E-state index is 12.5. The van der Waals surface area contributed by atoms with E-state index in [2.05, 4.69) is 30.1 Å². The Bertz CT molecular complexity index is 515. The fraction of sp³-hybridized carbons (Fsp3) is 0.706. The molecule has 0 saturated carbocycles. The summed E-state index contributed by atoms with van der Waals surface area (Å²) in [7, 11) is 0. The monoisotopic (exact) mass is 322 g/mol. The average Bonchev–Trinajstić information content (AvgIpc) is 3.15. The molecule has 1 amide bonds. The zero-order valence-electron chi connectivity index (χ0n) is 13.6. The van der Waals surface area contributed by atoms with Crippen molar-refractivity contribution in [2.75, 3.05) is 32.8 Å². The van der Waals surface area contributed by atoms with Crippen molar-refractivity contribution >= 4 is 17.2 Å². The smallest absolute Gasteiger partial charge is 0.261 e. The van der Waals surface area contributed by atoms with Crippen molar-refractivity contribution in [1.29, 1.82) is 0 Å². The van der Waals surface area contributed by atoms with Gasteiger partial charge in [0.1, 0.15) is 0 Å². The third-order valence-electron chi connectivity index (χ3n) is 5.14. The van der Waals surface area contributed by atoms with Crippen LogP contribution in [-0.2, 0) is 17.6 Å². The molecule has 2 heterocycles. The average molecular weight is 322 g/mol. The topological polar surface area (TPSA) is 41.6 Å². The molecule has 1 saturated heterocycles. The van der Waals surface area contributed by atoms with Crippen molar-refractivity contribution in [2.24, 2.45) is 0 Å². The Morgan fingerprint density at radius 1 is 1.41 bits per heavy atom. The zero-order valence-corrected chi connectivity index (χ0v) is 14.4. The first-order valence-corrected chi connectivity index (χ1v) is 9.16. The quantitative estimate of drug-likeness (QED) is 0.905. The van der Waals surface area contributed by atoms with Gasteiger partial charge in [-0.3, -0.25) is 9.69 Å². The fourth-order valence-corrected chi connectivity index (χ4v) is 4.53. The van der Waals surface area contributed by atoms with Crippen molar-refractivity contribution in [3.8, 4) is 0 Å². The highest BCUT2D eigenvalue weighted by Crippen LogP contribution is 2.30. The summed E-state index contributed by atoms with van der Waals surface area (Å²) in [4.78, 5) is 17.2. The molecule has 2 aliphatic rings. The summed E-state index contributed by atoms with van der Waals surface area (Å²) in [6, 6.07) is 2.10. The first-order chi connectivity index (χ1) is 10.6. The lowest BCUT2D eigenvalue weighted by Crippen LogP contribution is -2.56. The number of amides is 1. The van der Waals surface area contributed by atoms with Crippen LogP contribution >= 0.6 is 11.3 Å². The maximum atomic E-state index is 12.5. The van der Waals surface area contributed by atoms with Gasteiger partial charge in [0.2, 0.25) is 0 Å². The van der Waals surface area contributed by atoms with E-state index < -0.39 is 0 Å². The van der Waals surface area contributed by atoms with E-state index in [1.807, 2.05) is 0 Å². The van der Waals surface area contributed by atoms with Gasteiger partial charge in [-0.2, -0.15) is 0 Å². The van der Waals surface area contributed by atoms with E-state index in [-0.39, 0.29) is 11.4 Å². The van der Waals surface area contributed by atoms with Crippen LogP contribution in [0.1, 0.15) is 46.8 Å². The summed E-state index contributed by atoms with van der Waals surface area (Å²) < 4.78 is 5.44. The van der Waals surface area contributed by atoms with Crippen LogP contribution in [0.25, 0.3) is 0 Å². The Labute approximate surface area is 136 Å². The van der Waals surface area contributed by atoms with E-state index >= 15 is 0 Å². The number of thiophene rings is 1. The number of hydrogen-bond acceptors (Lipinski definition) is 4. The molecule has 5 heteroatoms. The molecule has 1 unspecified atom stereocenters. The van der Waals surface area contributed by atoms with Gasteiger partial charge in [-0.15, -0.1) is 11.3 Å².